The third kappa shape index (κ3) is 5.52. The summed E-state index contributed by atoms with van der Waals surface area (Å²) < 4.78 is 13.8. The van der Waals surface area contributed by atoms with Crippen LogP contribution >= 0.6 is 22.6 Å². The Morgan fingerprint density at radius 1 is 0.714 bits per heavy atom. The van der Waals surface area contributed by atoms with Crippen molar-refractivity contribution in [2.45, 2.75) is 74.3 Å². The van der Waals surface area contributed by atoms with Gasteiger partial charge in [-0.3, -0.25) is 0 Å². The molecule has 0 radical (unpaired) electrons. The molecule has 1 aliphatic rings. The SMILES string of the molecule is FC1CCCCCCCCCCC1I. The lowest BCUT2D eigenvalue weighted by molar-refractivity contribution is 0.292. The van der Waals surface area contributed by atoms with Crippen LogP contribution < -0.4 is 0 Å². The topological polar surface area (TPSA) is 0 Å². The van der Waals surface area contributed by atoms with Crippen molar-refractivity contribution in [3.8, 4) is 0 Å². The smallest absolute Gasteiger partial charge is 0.112 e. The fourth-order valence-corrected chi connectivity index (χ4v) is 2.90. The summed E-state index contributed by atoms with van der Waals surface area (Å²) in [6, 6.07) is 0. The highest BCUT2D eigenvalue weighted by atomic mass is 127. The molecule has 0 nitrogen and oxygen atoms in total. The van der Waals surface area contributed by atoms with Gasteiger partial charge in [-0.05, 0) is 12.8 Å². The lowest BCUT2D eigenvalue weighted by atomic mass is 10.0. The van der Waals surface area contributed by atoms with Gasteiger partial charge in [-0.1, -0.05) is 74.0 Å². The molecule has 0 aromatic carbocycles. The molecule has 1 rings (SSSR count). The van der Waals surface area contributed by atoms with Gasteiger partial charge >= 0.3 is 0 Å². The van der Waals surface area contributed by atoms with Crippen LogP contribution in [0, 0.1) is 0 Å². The minimum Gasteiger partial charge on any atom is -0.246 e. The van der Waals surface area contributed by atoms with E-state index in [1.165, 1.54) is 44.9 Å². The molecule has 0 heterocycles. The summed E-state index contributed by atoms with van der Waals surface area (Å²) in [6.07, 6.45) is 11.7. The molecule has 0 spiro atoms. The zero-order chi connectivity index (χ0) is 10.2. The van der Waals surface area contributed by atoms with Crippen LogP contribution in [0.5, 0.6) is 0 Å². The molecule has 1 saturated carbocycles. The number of halogens is 2. The molecule has 0 aliphatic heterocycles. The Hall–Kier alpha value is 0.660. The third-order valence-electron chi connectivity index (χ3n) is 3.10. The van der Waals surface area contributed by atoms with Gasteiger partial charge in [-0.15, -0.1) is 0 Å². The second-order valence-electron chi connectivity index (χ2n) is 4.44. The predicted octanol–water partition coefficient (Wildman–Crippen LogP) is 5.04. The molecule has 0 aromatic rings. The third-order valence-corrected chi connectivity index (χ3v) is 4.51. The molecule has 1 aliphatic carbocycles. The minimum absolute atomic E-state index is 0.270. The molecule has 0 N–H and O–H groups in total. The lowest BCUT2D eigenvalue weighted by Gasteiger charge is -2.16. The van der Waals surface area contributed by atoms with Crippen LogP contribution in [0.1, 0.15) is 64.2 Å². The number of alkyl halides is 2. The monoisotopic (exact) mass is 312 g/mol. The fourth-order valence-electron chi connectivity index (χ4n) is 2.10. The largest absolute Gasteiger partial charge is 0.246 e. The van der Waals surface area contributed by atoms with E-state index in [0.29, 0.717) is 0 Å². The van der Waals surface area contributed by atoms with Gasteiger partial charge in [0.05, 0.1) is 0 Å². The first-order valence-electron chi connectivity index (χ1n) is 6.09. The van der Waals surface area contributed by atoms with Crippen LogP contribution in [0.25, 0.3) is 0 Å². The van der Waals surface area contributed by atoms with Crippen molar-refractivity contribution < 1.29 is 4.39 Å². The normalized spacial score (nSPS) is 33.0. The summed E-state index contributed by atoms with van der Waals surface area (Å²) in [6.45, 7) is 0. The van der Waals surface area contributed by atoms with E-state index in [1.54, 1.807) is 0 Å². The summed E-state index contributed by atoms with van der Waals surface area (Å²) in [7, 11) is 0. The number of hydrogen-bond donors (Lipinski definition) is 0. The van der Waals surface area contributed by atoms with Crippen LogP contribution in [0.4, 0.5) is 4.39 Å². The second-order valence-corrected chi connectivity index (χ2v) is 6.04. The molecule has 14 heavy (non-hydrogen) atoms. The molecule has 0 amide bonds. The van der Waals surface area contributed by atoms with Gasteiger partial charge in [0.1, 0.15) is 6.17 Å². The Balaban J connectivity index is 2.23. The summed E-state index contributed by atoms with van der Waals surface area (Å²) in [5.41, 5.74) is 0. The Kier molecular flexibility index (Phi) is 7.17. The van der Waals surface area contributed by atoms with E-state index in [4.69, 9.17) is 0 Å². The average Bonchev–Trinajstić information content (AvgIpc) is 2.18. The zero-order valence-corrected chi connectivity index (χ0v) is 11.1. The Morgan fingerprint density at radius 2 is 1.14 bits per heavy atom. The molecule has 0 bridgehead atoms. The van der Waals surface area contributed by atoms with Crippen molar-refractivity contribution in [3.63, 3.8) is 0 Å². The quantitative estimate of drug-likeness (QED) is 0.434. The van der Waals surface area contributed by atoms with E-state index in [0.717, 1.165) is 19.3 Å². The molecule has 2 atom stereocenters. The first kappa shape index (κ1) is 12.7. The summed E-state index contributed by atoms with van der Waals surface area (Å²) in [5.74, 6) is 0. The summed E-state index contributed by atoms with van der Waals surface area (Å²) >= 11 is 2.30. The maximum atomic E-state index is 13.6. The van der Waals surface area contributed by atoms with Crippen LogP contribution in [0.3, 0.4) is 0 Å². The summed E-state index contributed by atoms with van der Waals surface area (Å²) in [4.78, 5) is 0. The van der Waals surface area contributed by atoms with E-state index in [9.17, 15) is 4.39 Å². The van der Waals surface area contributed by atoms with Gasteiger partial charge in [0, 0.05) is 3.92 Å². The van der Waals surface area contributed by atoms with Crippen molar-refractivity contribution in [3.05, 3.63) is 0 Å². The molecular formula is C12H22FI. The first-order chi connectivity index (χ1) is 6.80. The van der Waals surface area contributed by atoms with Crippen molar-refractivity contribution in [2.24, 2.45) is 0 Å². The Bertz CT molecular complexity index is 122. The Labute approximate surface area is 101 Å². The molecule has 0 aromatic heterocycles. The van der Waals surface area contributed by atoms with Gasteiger partial charge in [0.2, 0.25) is 0 Å². The van der Waals surface area contributed by atoms with Gasteiger partial charge in [-0.2, -0.15) is 0 Å². The molecule has 2 heteroatoms. The lowest BCUT2D eigenvalue weighted by Crippen LogP contribution is -2.15. The highest BCUT2D eigenvalue weighted by molar-refractivity contribution is 14.1. The predicted molar refractivity (Wildman–Crippen MR) is 68.9 cm³/mol. The van der Waals surface area contributed by atoms with Gasteiger partial charge in [0.15, 0.2) is 0 Å². The van der Waals surface area contributed by atoms with Crippen LogP contribution in [0.2, 0.25) is 0 Å². The van der Waals surface area contributed by atoms with E-state index >= 15 is 0 Å². The molecular weight excluding hydrogens is 290 g/mol. The van der Waals surface area contributed by atoms with E-state index in [-0.39, 0.29) is 3.92 Å². The standard InChI is InChI=1S/C12H22FI/c13-11-9-7-5-3-1-2-4-6-8-10-12(11)14/h11-12H,1-10H2. The number of rotatable bonds is 0. The maximum Gasteiger partial charge on any atom is 0.112 e. The van der Waals surface area contributed by atoms with Crippen LogP contribution in [0.15, 0.2) is 0 Å². The first-order valence-corrected chi connectivity index (χ1v) is 7.33. The zero-order valence-electron chi connectivity index (χ0n) is 8.98. The van der Waals surface area contributed by atoms with E-state index in [2.05, 4.69) is 22.6 Å². The van der Waals surface area contributed by atoms with Gasteiger partial charge in [0.25, 0.3) is 0 Å². The molecule has 1 fully saturated rings. The molecule has 2 unspecified atom stereocenters. The summed E-state index contributed by atoms with van der Waals surface area (Å²) in [5, 5.41) is 0. The van der Waals surface area contributed by atoms with E-state index < -0.39 is 6.17 Å². The van der Waals surface area contributed by atoms with Crippen LogP contribution in [-0.4, -0.2) is 10.1 Å². The van der Waals surface area contributed by atoms with Crippen molar-refractivity contribution in [1.29, 1.82) is 0 Å². The Morgan fingerprint density at radius 3 is 1.71 bits per heavy atom. The maximum absolute atomic E-state index is 13.6. The molecule has 84 valence electrons. The van der Waals surface area contributed by atoms with Gasteiger partial charge < -0.3 is 0 Å². The number of hydrogen-bond acceptors (Lipinski definition) is 0. The highest BCUT2D eigenvalue weighted by Crippen LogP contribution is 2.24. The van der Waals surface area contributed by atoms with Crippen molar-refractivity contribution in [1.82, 2.24) is 0 Å². The minimum atomic E-state index is -0.546. The van der Waals surface area contributed by atoms with Crippen LogP contribution in [-0.2, 0) is 0 Å². The second kappa shape index (κ2) is 7.89. The van der Waals surface area contributed by atoms with Gasteiger partial charge in [-0.25, -0.2) is 4.39 Å². The van der Waals surface area contributed by atoms with Crippen molar-refractivity contribution in [2.75, 3.05) is 0 Å². The highest BCUT2D eigenvalue weighted by Gasteiger charge is 2.17. The van der Waals surface area contributed by atoms with E-state index in [1.807, 2.05) is 0 Å². The average molecular weight is 312 g/mol. The fraction of sp³-hybridized carbons (Fsp3) is 1.00. The molecule has 0 saturated heterocycles. The van der Waals surface area contributed by atoms with Crippen molar-refractivity contribution >= 4 is 22.6 Å².